The molecule has 0 bridgehead atoms. The van der Waals surface area contributed by atoms with Gasteiger partial charge in [0.2, 0.25) is 0 Å². The van der Waals surface area contributed by atoms with E-state index in [1.165, 1.54) is 37.5 Å². The summed E-state index contributed by atoms with van der Waals surface area (Å²) < 4.78 is 68.5. The summed E-state index contributed by atoms with van der Waals surface area (Å²) >= 11 is 0. The SMILES string of the molecule is COc1ccc(-c2ccc(/C=C/c3ccc(-c4ccc(C5CO5)c(F)c4F)cc3)c(F)c2F)cc1. The van der Waals surface area contributed by atoms with Gasteiger partial charge in [0.25, 0.3) is 0 Å². The van der Waals surface area contributed by atoms with Gasteiger partial charge in [-0.25, -0.2) is 17.6 Å². The van der Waals surface area contributed by atoms with Crippen molar-refractivity contribution in [3.63, 3.8) is 0 Å². The molecule has 176 valence electrons. The smallest absolute Gasteiger partial charge is 0.167 e. The predicted octanol–water partition coefficient (Wildman–Crippen LogP) is 7.83. The second-order valence-electron chi connectivity index (χ2n) is 8.17. The van der Waals surface area contributed by atoms with Gasteiger partial charge >= 0.3 is 0 Å². The number of hydrogen-bond donors (Lipinski definition) is 0. The number of halogens is 4. The minimum atomic E-state index is -0.955. The highest BCUT2D eigenvalue weighted by Crippen LogP contribution is 2.36. The molecule has 1 saturated heterocycles. The van der Waals surface area contributed by atoms with Crippen molar-refractivity contribution in [2.75, 3.05) is 13.7 Å². The molecule has 0 aliphatic carbocycles. The van der Waals surface area contributed by atoms with Gasteiger partial charge in [-0.05, 0) is 28.8 Å². The summed E-state index contributed by atoms with van der Waals surface area (Å²) in [6.07, 6.45) is 2.72. The Morgan fingerprint density at radius 3 is 1.86 bits per heavy atom. The molecule has 1 aliphatic heterocycles. The quantitative estimate of drug-likeness (QED) is 0.161. The Bertz CT molecular complexity index is 1410. The molecule has 1 atom stereocenters. The fraction of sp³-hybridized carbons (Fsp3) is 0.103. The molecule has 0 aromatic heterocycles. The van der Waals surface area contributed by atoms with Crippen molar-refractivity contribution in [2.24, 2.45) is 0 Å². The first-order valence-corrected chi connectivity index (χ1v) is 11.0. The lowest BCUT2D eigenvalue weighted by Gasteiger charge is -2.08. The van der Waals surface area contributed by atoms with Crippen LogP contribution in [0.25, 0.3) is 34.4 Å². The summed E-state index contributed by atoms with van der Waals surface area (Å²) in [5.74, 6) is -3.09. The lowest BCUT2D eigenvalue weighted by molar-refractivity contribution is 0.401. The second kappa shape index (κ2) is 9.39. The molecule has 6 heteroatoms. The van der Waals surface area contributed by atoms with E-state index in [9.17, 15) is 17.6 Å². The standard InChI is InChI=1S/C29H20F4O2/c1-34-21-11-8-19(9-12-21)22-13-10-20(26(30)27(22)31)7-4-17-2-5-18(6-3-17)23-14-15-24(25-16-35-25)29(33)28(23)32/h2-15,25H,16H2,1H3/b7-4+. The summed E-state index contributed by atoms with van der Waals surface area (Å²) in [7, 11) is 1.53. The Morgan fingerprint density at radius 1 is 0.686 bits per heavy atom. The summed E-state index contributed by atoms with van der Waals surface area (Å²) in [5.41, 5.74) is 2.34. The van der Waals surface area contributed by atoms with Gasteiger partial charge in [0.15, 0.2) is 23.3 Å². The summed E-state index contributed by atoms with van der Waals surface area (Å²) in [5, 5.41) is 0. The third-order valence-electron chi connectivity index (χ3n) is 5.98. The molecular weight excluding hydrogens is 456 g/mol. The molecule has 0 amide bonds. The molecule has 1 unspecified atom stereocenters. The average molecular weight is 476 g/mol. The van der Waals surface area contributed by atoms with Crippen LogP contribution >= 0.6 is 0 Å². The van der Waals surface area contributed by atoms with Crippen LogP contribution in [0, 0.1) is 23.3 Å². The van der Waals surface area contributed by atoms with E-state index in [4.69, 9.17) is 9.47 Å². The largest absolute Gasteiger partial charge is 0.497 e. The van der Waals surface area contributed by atoms with Crippen molar-refractivity contribution < 1.29 is 27.0 Å². The van der Waals surface area contributed by atoms with Crippen LogP contribution in [0.15, 0.2) is 72.8 Å². The van der Waals surface area contributed by atoms with Gasteiger partial charge in [0.1, 0.15) is 11.9 Å². The van der Waals surface area contributed by atoms with Crippen molar-refractivity contribution in [3.05, 3.63) is 113 Å². The fourth-order valence-electron chi connectivity index (χ4n) is 3.91. The van der Waals surface area contributed by atoms with E-state index in [1.54, 1.807) is 54.6 Å². The second-order valence-corrected chi connectivity index (χ2v) is 8.17. The molecule has 5 rings (SSSR count). The highest BCUT2D eigenvalue weighted by molar-refractivity contribution is 5.74. The molecule has 1 heterocycles. The lowest BCUT2D eigenvalue weighted by Crippen LogP contribution is -1.96. The maximum atomic E-state index is 14.7. The molecular formula is C29H20F4O2. The van der Waals surface area contributed by atoms with Gasteiger partial charge in [-0.2, -0.15) is 0 Å². The highest BCUT2D eigenvalue weighted by atomic mass is 19.2. The molecule has 2 nitrogen and oxygen atoms in total. The summed E-state index contributed by atoms with van der Waals surface area (Å²) in [6.45, 7) is 0.394. The van der Waals surface area contributed by atoms with Gasteiger partial charge in [-0.15, -0.1) is 0 Å². The van der Waals surface area contributed by atoms with Gasteiger partial charge in [-0.3, -0.25) is 0 Å². The van der Waals surface area contributed by atoms with Crippen LogP contribution in [0.1, 0.15) is 22.8 Å². The Labute approximate surface area is 200 Å². The van der Waals surface area contributed by atoms with Crippen LogP contribution in [-0.2, 0) is 4.74 Å². The monoisotopic (exact) mass is 476 g/mol. The van der Waals surface area contributed by atoms with Gasteiger partial charge in [0, 0.05) is 22.3 Å². The normalized spacial score (nSPS) is 14.9. The molecule has 4 aromatic rings. The van der Waals surface area contributed by atoms with Crippen molar-refractivity contribution in [1.29, 1.82) is 0 Å². The predicted molar refractivity (Wildman–Crippen MR) is 128 cm³/mol. The zero-order valence-corrected chi connectivity index (χ0v) is 18.7. The summed E-state index contributed by atoms with van der Waals surface area (Å²) in [4.78, 5) is 0. The Morgan fingerprint density at radius 2 is 1.26 bits per heavy atom. The molecule has 0 saturated carbocycles. The van der Waals surface area contributed by atoms with E-state index in [-0.39, 0.29) is 28.4 Å². The fourth-order valence-corrected chi connectivity index (χ4v) is 3.91. The minimum absolute atomic E-state index is 0.0924. The Kier molecular flexibility index (Phi) is 6.14. The van der Waals surface area contributed by atoms with Crippen LogP contribution in [0.3, 0.4) is 0 Å². The third-order valence-corrected chi connectivity index (χ3v) is 5.98. The molecule has 0 N–H and O–H groups in total. The first-order valence-electron chi connectivity index (χ1n) is 11.0. The van der Waals surface area contributed by atoms with Crippen molar-refractivity contribution >= 4 is 12.2 Å². The topological polar surface area (TPSA) is 21.8 Å². The van der Waals surface area contributed by atoms with E-state index in [0.29, 0.717) is 29.0 Å². The Hall–Kier alpha value is -3.90. The van der Waals surface area contributed by atoms with E-state index in [1.807, 2.05) is 0 Å². The number of ether oxygens (including phenoxy) is 2. The zero-order valence-electron chi connectivity index (χ0n) is 18.7. The minimum Gasteiger partial charge on any atom is -0.497 e. The molecule has 0 radical (unpaired) electrons. The van der Waals surface area contributed by atoms with Gasteiger partial charge in [0.05, 0.1) is 13.7 Å². The molecule has 35 heavy (non-hydrogen) atoms. The number of rotatable bonds is 6. The average Bonchev–Trinajstić information content (AvgIpc) is 3.72. The van der Waals surface area contributed by atoms with Crippen LogP contribution in [0.4, 0.5) is 17.6 Å². The van der Waals surface area contributed by atoms with Crippen molar-refractivity contribution in [1.82, 2.24) is 0 Å². The lowest BCUT2D eigenvalue weighted by atomic mass is 9.99. The molecule has 0 spiro atoms. The zero-order chi connectivity index (χ0) is 24.5. The van der Waals surface area contributed by atoms with E-state index >= 15 is 0 Å². The Balaban J connectivity index is 1.35. The van der Waals surface area contributed by atoms with Crippen molar-refractivity contribution in [3.8, 4) is 28.0 Å². The van der Waals surface area contributed by atoms with Crippen LogP contribution < -0.4 is 4.74 Å². The van der Waals surface area contributed by atoms with Crippen molar-refractivity contribution in [2.45, 2.75) is 6.10 Å². The number of hydrogen-bond acceptors (Lipinski definition) is 2. The maximum absolute atomic E-state index is 14.7. The van der Waals surface area contributed by atoms with Crippen LogP contribution in [0.5, 0.6) is 5.75 Å². The number of epoxide rings is 1. The maximum Gasteiger partial charge on any atom is 0.167 e. The molecule has 1 fully saturated rings. The van der Waals surface area contributed by atoms with E-state index < -0.39 is 23.3 Å². The third kappa shape index (κ3) is 4.57. The number of benzene rings is 4. The van der Waals surface area contributed by atoms with Gasteiger partial charge in [-0.1, -0.05) is 72.8 Å². The van der Waals surface area contributed by atoms with E-state index in [2.05, 4.69) is 0 Å². The van der Waals surface area contributed by atoms with Crippen LogP contribution in [0.2, 0.25) is 0 Å². The number of methoxy groups -OCH3 is 1. The molecule has 4 aromatic carbocycles. The first kappa shape index (κ1) is 22.9. The highest BCUT2D eigenvalue weighted by Gasteiger charge is 2.30. The van der Waals surface area contributed by atoms with Gasteiger partial charge < -0.3 is 9.47 Å². The van der Waals surface area contributed by atoms with E-state index in [0.717, 1.165) is 0 Å². The van der Waals surface area contributed by atoms with Crippen LogP contribution in [-0.4, -0.2) is 13.7 Å². The molecule has 1 aliphatic rings. The summed E-state index contributed by atoms with van der Waals surface area (Å²) in [6, 6.07) is 19.5. The first-order chi connectivity index (χ1) is 17.0.